The Kier molecular flexibility index (Phi) is 6.73. The molecule has 0 aromatic heterocycles. The van der Waals surface area contributed by atoms with E-state index in [2.05, 4.69) is 0 Å². The smallest absolute Gasteiger partial charge is 0.271 e. The van der Waals surface area contributed by atoms with Gasteiger partial charge in [0, 0.05) is 5.56 Å². The molecule has 1 saturated heterocycles. The number of ether oxygens (including phenoxy) is 1. The maximum absolute atomic E-state index is 13.9. The van der Waals surface area contributed by atoms with Crippen LogP contribution in [0.1, 0.15) is 11.1 Å². The molecule has 1 amide bonds. The van der Waals surface area contributed by atoms with E-state index < -0.39 is 0 Å². The summed E-state index contributed by atoms with van der Waals surface area (Å²) in [6.07, 6.45) is 1.83. The Morgan fingerprint density at radius 2 is 1.57 bits per heavy atom. The minimum atomic E-state index is -0.301. The first-order chi connectivity index (χ1) is 17.2. The van der Waals surface area contributed by atoms with Gasteiger partial charge in [-0.15, -0.1) is 0 Å². The van der Waals surface area contributed by atoms with Crippen molar-refractivity contribution in [1.29, 1.82) is 0 Å². The Bertz CT molecular complexity index is 1400. The van der Waals surface area contributed by atoms with Crippen LogP contribution in [0.4, 0.5) is 15.8 Å². The van der Waals surface area contributed by atoms with E-state index in [1.54, 1.807) is 23.1 Å². The molecule has 0 radical (unpaired) electrons. The third kappa shape index (κ3) is 5.34. The van der Waals surface area contributed by atoms with Crippen LogP contribution < -0.4 is 9.64 Å². The highest BCUT2D eigenvalue weighted by Gasteiger charge is 2.34. The number of halogens is 1. The number of benzene rings is 4. The largest absolute Gasteiger partial charge is 0.489 e. The summed E-state index contributed by atoms with van der Waals surface area (Å²) in [5.41, 5.74) is 2.82. The summed E-state index contributed by atoms with van der Waals surface area (Å²) >= 11 is 1.33. The van der Waals surface area contributed by atoms with Crippen molar-refractivity contribution in [3.63, 3.8) is 0 Å². The van der Waals surface area contributed by atoms with E-state index in [1.807, 2.05) is 91.0 Å². The van der Waals surface area contributed by atoms with Crippen LogP contribution in [-0.2, 0) is 11.4 Å². The first kappa shape index (κ1) is 22.6. The summed E-state index contributed by atoms with van der Waals surface area (Å²) in [7, 11) is 0. The fraction of sp³-hybridized carbons (Fsp3) is 0.0345. The van der Waals surface area contributed by atoms with Crippen molar-refractivity contribution in [3.05, 3.63) is 131 Å². The van der Waals surface area contributed by atoms with Crippen molar-refractivity contribution in [1.82, 2.24) is 0 Å². The van der Waals surface area contributed by atoms with E-state index in [0.717, 1.165) is 16.9 Å². The van der Waals surface area contributed by atoms with Gasteiger partial charge in [-0.25, -0.2) is 9.38 Å². The Morgan fingerprint density at radius 1 is 0.857 bits per heavy atom. The molecule has 6 heteroatoms. The van der Waals surface area contributed by atoms with Gasteiger partial charge in [0.1, 0.15) is 18.2 Å². The van der Waals surface area contributed by atoms with E-state index >= 15 is 0 Å². The number of rotatable bonds is 6. The van der Waals surface area contributed by atoms with Crippen molar-refractivity contribution in [2.45, 2.75) is 6.61 Å². The highest BCUT2D eigenvalue weighted by atomic mass is 32.2. The number of anilines is 1. The van der Waals surface area contributed by atoms with Crippen LogP contribution in [0.2, 0.25) is 0 Å². The maximum Gasteiger partial charge on any atom is 0.271 e. The summed E-state index contributed by atoms with van der Waals surface area (Å²) in [6, 6.07) is 33.0. The highest BCUT2D eigenvalue weighted by molar-refractivity contribution is 8.19. The lowest BCUT2D eigenvalue weighted by Gasteiger charge is -2.15. The van der Waals surface area contributed by atoms with Gasteiger partial charge < -0.3 is 4.74 Å². The molecule has 172 valence electrons. The van der Waals surface area contributed by atoms with Gasteiger partial charge in [0.15, 0.2) is 5.17 Å². The number of carbonyl (C=O) groups excluding carboxylic acids is 1. The van der Waals surface area contributed by atoms with Gasteiger partial charge in [-0.2, -0.15) is 0 Å². The van der Waals surface area contributed by atoms with Gasteiger partial charge in [-0.3, -0.25) is 9.69 Å². The molecule has 1 aliphatic rings. The molecule has 4 nitrogen and oxygen atoms in total. The number of amides is 1. The molecular weight excluding hydrogens is 459 g/mol. The van der Waals surface area contributed by atoms with Gasteiger partial charge in [0.05, 0.1) is 16.3 Å². The van der Waals surface area contributed by atoms with Gasteiger partial charge in [-0.1, -0.05) is 66.7 Å². The van der Waals surface area contributed by atoms with Crippen molar-refractivity contribution >= 4 is 40.3 Å². The number of para-hydroxylation sites is 2. The molecule has 0 aliphatic carbocycles. The number of hydrogen-bond donors (Lipinski definition) is 0. The van der Waals surface area contributed by atoms with Crippen molar-refractivity contribution in [3.8, 4) is 5.75 Å². The molecule has 0 saturated carbocycles. The first-order valence-corrected chi connectivity index (χ1v) is 11.9. The predicted molar refractivity (Wildman–Crippen MR) is 140 cm³/mol. The van der Waals surface area contributed by atoms with Crippen LogP contribution in [0.3, 0.4) is 0 Å². The molecule has 0 N–H and O–H groups in total. The van der Waals surface area contributed by atoms with E-state index in [9.17, 15) is 9.18 Å². The summed E-state index contributed by atoms with van der Waals surface area (Å²) in [6.45, 7) is 0.121. The second-order valence-corrected chi connectivity index (χ2v) is 8.78. The Labute approximate surface area is 207 Å². The summed E-state index contributed by atoms with van der Waals surface area (Å²) in [5, 5.41) is 0.589. The van der Waals surface area contributed by atoms with E-state index in [4.69, 9.17) is 9.73 Å². The topological polar surface area (TPSA) is 41.9 Å². The van der Waals surface area contributed by atoms with Crippen LogP contribution in [-0.4, -0.2) is 11.1 Å². The van der Waals surface area contributed by atoms with Crippen LogP contribution in [0.25, 0.3) is 6.08 Å². The van der Waals surface area contributed by atoms with Crippen LogP contribution >= 0.6 is 11.8 Å². The zero-order chi connectivity index (χ0) is 24.0. The van der Waals surface area contributed by atoms with E-state index in [0.29, 0.717) is 21.4 Å². The molecule has 1 fully saturated rings. The minimum absolute atomic E-state index is 0.121. The molecule has 0 atom stereocenters. The maximum atomic E-state index is 13.9. The van der Waals surface area contributed by atoms with E-state index in [1.165, 1.54) is 17.8 Å². The molecule has 0 bridgehead atoms. The number of carbonyl (C=O) groups is 1. The molecule has 0 unspecified atom stereocenters. The number of aliphatic imine (C=N–C) groups is 1. The number of amidine groups is 1. The lowest BCUT2D eigenvalue weighted by Crippen LogP contribution is -2.28. The molecule has 5 rings (SSSR count). The monoisotopic (exact) mass is 480 g/mol. The lowest BCUT2D eigenvalue weighted by molar-refractivity contribution is -0.113. The zero-order valence-electron chi connectivity index (χ0n) is 18.7. The fourth-order valence-electron chi connectivity index (χ4n) is 3.59. The minimum Gasteiger partial charge on any atom is -0.489 e. The fourth-order valence-corrected chi connectivity index (χ4v) is 4.59. The Hall–Kier alpha value is -4.16. The first-order valence-electron chi connectivity index (χ1n) is 11.1. The summed E-state index contributed by atoms with van der Waals surface area (Å²) in [4.78, 5) is 20.3. The number of nitrogens with zero attached hydrogens (tertiary/aromatic N) is 2. The van der Waals surface area contributed by atoms with Crippen molar-refractivity contribution in [2.75, 3.05) is 4.90 Å². The quantitative estimate of drug-likeness (QED) is 0.274. The van der Waals surface area contributed by atoms with E-state index in [-0.39, 0.29) is 18.3 Å². The van der Waals surface area contributed by atoms with Crippen molar-refractivity contribution < 1.29 is 13.9 Å². The van der Waals surface area contributed by atoms with Gasteiger partial charge in [0.25, 0.3) is 5.91 Å². The van der Waals surface area contributed by atoms with Crippen LogP contribution in [0, 0.1) is 5.82 Å². The normalized spacial score (nSPS) is 15.7. The molecule has 1 heterocycles. The Balaban J connectivity index is 1.42. The average Bonchev–Trinajstić information content (AvgIpc) is 3.19. The SMILES string of the molecule is O=C1/C(=C/c2cccc(OCc3ccccc3F)c2)SC(=Nc2ccccc2)N1c1ccccc1. The molecule has 0 spiro atoms. The lowest BCUT2D eigenvalue weighted by atomic mass is 10.2. The van der Waals surface area contributed by atoms with Gasteiger partial charge in [-0.05, 0) is 65.9 Å². The van der Waals surface area contributed by atoms with Crippen molar-refractivity contribution in [2.24, 2.45) is 4.99 Å². The van der Waals surface area contributed by atoms with Crippen LogP contribution in [0.15, 0.2) is 119 Å². The Morgan fingerprint density at radius 3 is 2.34 bits per heavy atom. The van der Waals surface area contributed by atoms with Crippen LogP contribution in [0.5, 0.6) is 5.75 Å². The molecular formula is C29H21FN2O2S. The van der Waals surface area contributed by atoms with Gasteiger partial charge in [0.2, 0.25) is 0 Å². The highest BCUT2D eigenvalue weighted by Crippen LogP contribution is 2.37. The zero-order valence-corrected chi connectivity index (χ0v) is 19.5. The molecule has 4 aromatic carbocycles. The third-order valence-electron chi connectivity index (χ3n) is 5.31. The second-order valence-electron chi connectivity index (χ2n) is 7.77. The molecule has 1 aliphatic heterocycles. The number of thioether (sulfide) groups is 1. The summed E-state index contributed by atoms with van der Waals surface area (Å²) in [5.74, 6) is 0.148. The average molecular weight is 481 g/mol. The third-order valence-corrected chi connectivity index (χ3v) is 6.28. The predicted octanol–water partition coefficient (Wildman–Crippen LogP) is 7.21. The van der Waals surface area contributed by atoms with Gasteiger partial charge >= 0.3 is 0 Å². The molecule has 4 aromatic rings. The number of hydrogen-bond acceptors (Lipinski definition) is 4. The summed E-state index contributed by atoms with van der Waals surface area (Å²) < 4.78 is 19.7. The second kappa shape index (κ2) is 10.4. The molecule has 35 heavy (non-hydrogen) atoms. The standard InChI is InChI=1S/C29H21FN2O2S/c30-26-17-8-7-11-22(26)20-34-25-16-9-10-21(18-25)19-27-28(33)32(24-14-5-2-6-15-24)29(35-27)31-23-12-3-1-4-13-23/h1-19H,20H2/b27-19-,31-29?.